The third kappa shape index (κ3) is 5.07. The van der Waals surface area contributed by atoms with Crippen molar-refractivity contribution in [3.63, 3.8) is 0 Å². The molecule has 0 aliphatic carbocycles. The molecule has 0 aromatic rings. The second kappa shape index (κ2) is 2.40. The summed E-state index contributed by atoms with van der Waals surface area (Å²) in [5.41, 5.74) is 0. The summed E-state index contributed by atoms with van der Waals surface area (Å²) in [4.78, 5) is -2.66. The van der Waals surface area contributed by atoms with Crippen molar-refractivity contribution in [3.8, 4) is 0 Å². The highest BCUT2D eigenvalue weighted by Gasteiger charge is 2.20. The van der Waals surface area contributed by atoms with E-state index in [9.17, 15) is 8.78 Å². The van der Waals surface area contributed by atoms with Crippen LogP contribution >= 0.6 is 38.5 Å². The molecule has 4 heteroatoms. The fraction of sp³-hybridized carbons (Fsp3) is 1.00. The first kappa shape index (κ1) is 7.07. The van der Waals surface area contributed by atoms with Gasteiger partial charge < -0.3 is 0 Å². The monoisotopic (exact) mass is 270 g/mol. The van der Waals surface area contributed by atoms with Gasteiger partial charge in [0.05, 0.1) is 4.43 Å². The van der Waals surface area contributed by atoms with Gasteiger partial charge in [-0.3, -0.25) is 0 Å². The van der Waals surface area contributed by atoms with Crippen LogP contribution in [0.5, 0.6) is 0 Å². The Labute approximate surface area is 56.6 Å². The van der Waals surface area contributed by atoms with E-state index in [-0.39, 0.29) is 4.43 Å². The average molecular weight is 271 g/mol. The molecule has 0 N–H and O–H groups in total. The number of rotatable bonds is 1. The zero-order valence-corrected chi connectivity index (χ0v) is 6.46. The molecule has 0 fully saturated rings. The van der Waals surface area contributed by atoms with E-state index < -0.39 is 4.83 Å². The van der Waals surface area contributed by atoms with E-state index in [0.717, 1.165) is 0 Å². The smallest absolute Gasteiger partial charge is 0.193 e. The highest BCUT2D eigenvalue weighted by atomic mass is 127. The zero-order chi connectivity index (χ0) is 5.21. The summed E-state index contributed by atoms with van der Waals surface area (Å²) in [6, 6.07) is 0. The van der Waals surface area contributed by atoms with Gasteiger partial charge in [-0.25, -0.2) is 0 Å². The normalized spacial score (nSPS) is 12.0. The van der Waals surface area contributed by atoms with Crippen LogP contribution in [0.3, 0.4) is 0 Å². The summed E-state index contributed by atoms with van der Waals surface area (Å²) in [6.07, 6.45) is 0. The van der Waals surface area contributed by atoms with Crippen LogP contribution in [0.1, 0.15) is 0 Å². The summed E-state index contributed by atoms with van der Waals surface area (Å²) >= 11 is 3.73. The molecule has 0 atom stereocenters. The van der Waals surface area contributed by atoms with Gasteiger partial charge in [0, 0.05) is 0 Å². The summed E-state index contributed by atoms with van der Waals surface area (Å²) in [5, 5.41) is 0. The van der Waals surface area contributed by atoms with Gasteiger partial charge in [-0.15, -0.1) is 0 Å². The molecule has 0 rings (SSSR count). The Hall–Kier alpha value is 1.07. The number of alkyl halides is 4. The van der Waals surface area contributed by atoms with Crippen LogP contribution in [0.15, 0.2) is 0 Å². The second-order valence-corrected chi connectivity index (χ2v) is 2.67. The lowest BCUT2D eigenvalue weighted by molar-refractivity contribution is 0.147. The van der Waals surface area contributed by atoms with Gasteiger partial charge in [0.15, 0.2) is 0 Å². The molecule has 0 unspecified atom stereocenters. The summed E-state index contributed by atoms with van der Waals surface area (Å²) < 4.78 is 22.5. The fourth-order valence-corrected chi connectivity index (χ4v) is 0. The van der Waals surface area contributed by atoms with Crippen molar-refractivity contribution in [1.82, 2.24) is 0 Å². The summed E-state index contributed by atoms with van der Waals surface area (Å²) in [5.74, 6) is 0. The first-order valence-corrected chi connectivity index (χ1v) is 3.51. The van der Waals surface area contributed by atoms with Crippen molar-refractivity contribution in [2.75, 3.05) is 4.43 Å². The van der Waals surface area contributed by atoms with Crippen molar-refractivity contribution >= 4 is 38.5 Å². The van der Waals surface area contributed by atoms with Crippen LogP contribution in [0.4, 0.5) is 8.78 Å². The van der Waals surface area contributed by atoms with Crippen molar-refractivity contribution in [3.05, 3.63) is 0 Å². The molecule has 38 valence electrons. The summed E-state index contributed by atoms with van der Waals surface area (Å²) in [6.45, 7) is 0. The standard InChI is InChI=1S/C2H2BrF2I/c3-2(4,5)1-6/h1H2. The van der Waals surface area contributed by atoms with E-state index in [2.05, 4.69) is 15.9 Å². The van der Waals surface area contributed by atoms with Crippen molar-refractivity contribution in [2.45, 2.75) is 4.83 Å². The van der Waals surface area contributed by atoms with Gasteiger partial charge in [-0.05, 0) is 15.9 Å². The minimum atomic E-state index is -2.66. The maximum Gasteiger partial charge on any atom is 0.310 e. The van der Waals surface area contributed by atoms with Gasteiger partial charge >= 0.3 is 4.83 Å². The molecule has 0 aliphatic rings. The predicted molar refractivity (Wildman–Crippen MR) is 32.8 cm³/mol. The van der Waals surface area contributed by atoms with Crippen molar-refractivity contribution in [2.24, 2.45) is 0 Å². The Morgan fingerprint density at radius 2 is 1.83 bits per heavy atom. The van der Waals surface area contributed by atoms with Crippen LogP contribution < -0.4 is 0 Å². The van der Waals surface area contributed by atoms with Crippen LogP contribution in [0.25, 0.3) is 0 Å². The van der Waals surface area contributed by atoms with E-state index in [4.69, 9.17) is 0 Å². The van der Waals surface area contributed by atoms with Gasteiger partial charge in [0.1, 0.15) is 0 Å². The lowest BCUT2D eigenvalue weighted by Crippen LogP contribution is -2.04. The highest BCUT2D eigenvalue weighted by Crippen LogP contribution is 2.23. The van der Waals surface area contributed by atoms with Crippen LogP contribution in [-0.4, -0.2) is 9.26 Å². The van der Waals surface area contributed by atoms with E-state index in [0.29, 0.717) is 0 Å². The van der Waals surface area contributed by atoms with E-state index in [1.807, 2.05) is 0 Å². The lowest BCUT2D eigenvalue weighted by atomic mass is 10.9. The van der Waals surface area contributed by atoms with Crippen LogP contribution in [-0.2, 0) is 0 Å². The molecular formula is C2H2BrF2I. The van der Waals surface area contributed by atoms with E-state index in [1.165, 1.54) is 0 Å². The Kier molecular flexibility index (Phi) is 2.82. The largest absolute Gasteiger partial charge is 0.310 e. The van der Waals surface area contributed by atoms with Crippen molar-refractivity contribution < 1.29 is 8.78 Å². The lowest BCUT2D eigenvalue weighted by Gasteiger charge is -1.97. The minimum absolute atomic E-state index is 0.176. The molecule has 0 heterocycles. The van der Waals surface area contributed by atoms with Crippen LogP contribution in [0.2, 0.25) is 0 Å². The number of hydrogen-bond acceptors (Lipinski definition) is 0. The Balaban J connectivity index is 3.17. The molecule has 0 aliphatic heterocycles. The van der Waals surface area contributed by atoms with E-state index in [1.54, 1.807) is 22.6 Å². The molecule has 0 bridgehead atoms. The maximum atomic E-state index is 11.4. The molecule has 0 saturated heterocycles. The molecule has 0 aromatic heterocycles. The van der Waals surface area contributed by atoms with Gasteiger partial charge in [0.25, 0.3) is 0 Å². The van der Waals surface area contributed by atoms with Crippen molar-refractivity contribution in [1.29, 1.82) is 0 Å². The molecule has 0 nitrogen and oxygen atoms in total. The fourth-order valence-electron chi connectivity index (χ4n) is 0. The third-order valence-electron chi connectivity index (χ3n) is 0.152. The first-order chi connectivity index (χ1) is 2.56. The van der Waals surface area contributed by atoms with Crippen LogP contribution in [0, 0.1) is 0 Å². The predicted octanol–water partition coefficient (Wildman–Crippen LogP) is 2.41. The molecular weight excluding hydrogens is 269 g/mol. The first-order valence-electron chi connectivity index (χ1n) is 1.19. The Morgan fingerprint density at radius 3 is 1.83 bits per heavy atom. The number of halogens is 4. The maximum absolute atomic E-state index is 11.4. The molecule has 0 radical (unpaired) electrons. The molecule has 0 spiro atoms. The Bertz CT molecular complexity index is 41.3. The van der Waals surface area contributed by atoms with E-state index >= 15 is 0 Å². The van der Waals surface area contributed by atoms with Gasteiger partial charge in [0.2, 0.25) is 0 Å². The minimum Gasteiger partial charge on any atom is -0.193 e. The summed E-state index contributed by atoms with van der Waals surface area (Å²) in [7, 11) is 0. The highest BCUT2D eigenvalue weighted by molar-refractivity contribution is 14.1. The Morgan fingerprint density at radius 1 is 1.67 bits per heavy atom. The number of hydrogen-bond donors (Lipinski definition) is 0. The SMILES string of the molecule is FC(F)(Br)CI. The third-order valence-corrected chi connectivity index (χ3v) is 2.44. The molecule has 0 saturated carbocycles. The molecule has 0 aromatic carbocycles. The van der Waals surface area contributed by atoms with Gasteiger partial charge in [-0.2, -0.15) is 8.78 Å². The molecule has 6 heavy (non-hydrogen) atoms. The topological polar surface area (TPSA) is 0 Å². The second-order valence-electron chi connectivity index (χ2n) is 0.749. The zero-order valence-electron chi connectivity index (χ0n) is 2.72. The average Bonchev–Trinajstić information content (AvgIpc) is 1.35. The van der Waals surface area contributed by atoms with Gasteiger partial charge in [-0.1, -0.05) is 22.6 Å². The molecule has 0 amide bonds. The quantitative estimate of drug-likeness (QED) is 0.507.